The lowest BCUT2D eigenvalue weighted by molar-refractivity contribution is -0.132. The molecule has 2 unspecified atom stereocenters. The van der Waals surface area contributed by atoms with Crippen molar-refractivity contribution in [2.75, 3.05) is 18.4 Å². The molecule has 2 aliphatic heterocycles. The maximum atomic E-state index is 14.1. The van der Waals surface area contributed by atoms with E-state index in [2.05, 4.69) is 16.4 Å². The molecule has 0 radical (unpaired) electrons. The van der Waals surface area contributed by atoms with Gasteiger partial charge in [0.1, 0.15) is 6.54 Å². The number of urea groups is 1. The zero-order chi connectivity index (χ0) is 21.0. The second-order valence-corrected chi connectivity index (χ2v) is 8.03. The smallest absolute Gasteiger partial charge is 0.322 e. The number of anilines is 1. The fraction of sp³-hybridized carbons (Fsp3) is 0.318. The average molecular weight is 410 g/mol. The number of rotatable bonds is 3. The number of nitrogens with zero attached hydrogens (tertiary/aromatic N) is 3. The van der Waals surface area contributed by atoms with Crippen molar-refractivity contribution in [3.05, 3.63) is 65.0 Å². The van der Waals surface area contributed by atoms with Crippen LogP contribution in [0.15, 0.2) is 36.5 Å². The first-order chi connectivity index (χ1) is 14.4. The predicted molar refractivity (Wildman–Crippen MR) is 106 cm³/mol. The lowest BCUT2D eigenvalue weighted by Gasteiger charge is -2.32. The van der Waals surface area contributed by atoms with E-state index in [1.54, 1.807) is 11.1 Å². The Bertz CT molecular complexity index is 1100. The minimum absolute atomic E-state index is 0.0136. The van der Waals surface area contributed by atoms with Crippen molar-refractivity contribution in [2.24, 2.45) is 5.92 Å². The summed E-state index contributed by atoms with van der Waals surface area (Å²) < 4.78 is 27.7. The van der Waals surface area contributed by atoms with Gasteiger partial charge < -0.3 is 15.1 Å². The molecule has 5 rings (SSSR count). The molecule has 154 valence electrons. The third-order valence-corrected chi connectivity index (χ3v) is 6.11. The fourth-order valence-electron chi connectivity index (χ4n) is 4.64. The van der Waals surface area contributed by atoms with Crippen LogP contribution in [0.5, 0.6) is 0 Å². The molecular weight excluding hydrogens is 390 g/mol. The number of aromatic nitrogens is 1. The molecule has 2 bridgehead atoms. The highest BCUT2D eigenvalue weighted by molar-refractivity contribution is 5.95. The van der Waals surface area contributed by atoms with Crippen LogP contribution in [-0.2, 0) is 11.3 Å². The van der Waals surface area contributed by atoms with Gasteiger partial charge in [-0.1, -0.05) is 6.08 Å². The van der Waals surface area contributed by atoms with Crippen LogP contribution < -0.4 is 5.32 Å². The quantitative estimate of drug-likeness (QED) is 0.844. The number of fused-ring (bicyclic) bond motifs is 3. The molecule has 1 aromatic heterocycles. The highest BCUT2D eigenvalue weighted by Gasteiger charge is 2.42. The second-order valence-electron chi connectivity index (χ2n) is 8.03. The standard InChI is InChI=1S/C22H20F2N4O2/c1-12-6-13(4-5-25-12)16-8-15-7-14(16)9-28(15)20(29)11-27-10-17-19(26-22(27)30)3-2-18(23)21(17)24/h2-6,8,14-15H,7,9-11H2,1H3,(H,26,30). The number of aryl methyl sites for hydroxylation is 1. The first-order valence-corrected chi connectivity index (χ1v) is 9.87. The molecule has 1 aliphatic carbocycles. The van der Waals surface area contributed by atoms with Crippen molar-refractivity contribution in [3.63, 3.8) is 0 Å². The molecule has 6 nitrogen and oxygen atoms in total. The molecule has 1 fully saturated rings. The van der Waals surface area contributed by atoms with Gasteiger partial charge in [0.2, 0.25) is 5.91 Å². The van der Waals surface area contributed by atoms with E-state index in [4.69, 9.17) is 0 Å². The number of nitrogens with one attached hydrogen (secondary N) is 1. The Balaban J connectivity index is 1.30. The summed E-state index contributed by atoms with van der Waals surface area (Å²) in [6.45, 7) is 2.22. The maximum absolute atomic E-state index is 14.1. The van der Waals surface area contributed by atoms with E-state index < -0.39 is 17.7 Å². The Morgan fingerprint density at radius 2 is 2.13 bits per heavy atom. The van der Waals surface area contributed by atoms with Gasteiger partial charge >= 0.3 is 6.03 Å². The maximum Gasteiger partial charge on any atom is 0.322 e. The number of carbonyl (C=O) groups is 2. The Kier molecular flexibility index (Phi) is 4.30. The minimum atomic E-state index is -0.995. The third kappa shape index (κ3) is 3.03. The topological polar surface area (TPSA) is 65.5 Å². The van der Waals surface area contributed by atoms with E-state index in [-0.39, 0.29) is 42.2 Å². The van der Waals surface area contributed by atoms with Crippen molar-refractivity contribution < 1.29 is 18.4 Å². The van der Waals surface area contributed by atoms with Gasteiger partial charge in [0.25, 0.3) is 0 Å². The Morgan fingerprint density at radius 1 is 1.30 bits per heavy atom. The molecule has 8 heteroatoms. The van der Waals surface area contributed by atoms with Crippen LogP contribution >= 0.6 is 0 Å². The van der Waals surface area contributed by atoms with Crippen molar-refractivity contribution in [2.45, 2.75) is 25.9 Å². The number of carbonyl (C=O) groups excluding carboxylic acids is 2. The molecule has 0 spiro atoms. The summed E-state index contributed by atoms with van der Waals surface area (Å²) in [6, 6.07) is 5.83. The van der Waals surface area contributed by atoms with Gasteiger partial charge in [0, 0.05) is 29.9 Å². The van der Waals surface area contributed by atoms with Crippen molar-refractivity contribution in [1.29, 1.82) is 0 Å². The molecule has 2 aromatic rings. The van der Waals surface area contributed by atoms with E-state index in [1.165, 1.54) is 16.5 Å². The summed E-state index contributed by atoms with van der Waals surface area (Å²) in [6.07, 6.45) is 4.76. The van der Waals surface area contributed by atoms with Crippen molar-refractivity contribution >= 4 is 23.2 Å². The van der Waals surface area contributed by atoms with Gasteiger partial charge in [-0.3, -0.25) is 9.78 Å². The predicted octanol–water partition coefficient (Wildman–Crippen LogP) is 3.33. The van der Waals surface area contributed by atoms with E-state index in [0.29, 0.717) is 6.54 Å². The number of hydrogen-bond donors (Lipinski definition) is 1. The van der Waals surface area contributed by atoms with Gasteiger partial charge in [-0.2, -0.15) is 0 Å². The van der Waals surface area contributed by atoms with Gasteiger partial charge in [-0.25, -0.2) is 13.6 Å². The van der Waals surface area contributed by atoms with Crippen molar-refractivity contribution in [1.82, 2.24) is 14.8 Å². The average Bonchev–Trinajstić information content (AvgIpc) is 3.33. The molecule has 3 amide bonds. The van der Waals surface area contributed by atoms with Gasteiger partial charge in [-0.15, -0.1) is 0 Å². The minimum Gasteiger partial charge on any atom is -0.334 e. The number of pyridine rings is 1. The molecule has 3 aliphatic rings. The molecule has 3 heterocycles. The van der Waals surface area contributed by atoms with E-state index in [0.717, 1.165) is 23.7 Å². The van der Waals surface area contributed by atoms with Gasteiger partial charge in [0.15, 0.2) is 11.6 Å². The van der Waals surface area contributed by atoms with Crippen LogP contribution in [0.1, 0.15) is 23.2 Å². The van der Waals surface area contributed by atoms with Crippen LogP contribution in [0.4, 0.5) is 19.3 Å². The summed E-state index contributed by atoms with van der Waals surface area (Å²) >= 11 is 0. The first-order valence-electron chi connectivity index (χ1n) is 9.87. The fourth-order valence-corrected chi connectivity index (χ4v) is 4.64. The van der Waals surface area contributed by atoms with E-state index >= 15 is 0 Å². The van der Waals surface area contributed by atoms with E-state index in [9.17, 15) is 18.4 Å². The zero-order valence-electron chi connectivity index (χ0n) is 16.4. The van der Waals surface area contributed by atoms with Gasteiger partial charge in [-0.05, 0) is 48.7 Å². The molecular formula is C22H20F2N4O2. The lowest BCUT2D eigenvalue weighted by atomic mass is 9.95. The summed E-state index contributed by atoms with van der Waals surface area (Å²) in [5.41, 5.74) is 3.61. The van der Waals surface area contributed by atoms with Crippen molar-refractivity contribution in [3.8, 4) is 0 Å². The summed E-state index contributed by atoms with van der Waals surface area (Å²) in [7, 11) is 0. The Morgan fingerprint density at radius 3 is 2.87 bits per heavy atom. The number of likely N-dealkylation sites (tertiary alicyclic amines) is 1. The lowest BCUT2D eigenvalue weighted by Crippen LogP contribution is -2.47. The third-order valence-electron chi connectivity index (χ3n) is 6.11. The second kappa shape index (κ2) is 6.90. The monoisotopic (exact) mass is 410 g/mol. The molecule has 1 N–H and O–H groups in total. The largest absolute Gasteiger partial charge is 0.334 e. The van der Waals surface area contributed by atoms with Crippen LogP contribution in [0.2, 0.25) is 0 Å². The number of halogens is 2. The molecule has 30 heavy (non-hydrogen) atoms. The van der Waals surface area contributed by atoms with Crippen LogP contribution in [0, 0.1) is 24.5 Å². The zero-order valence-corrected chi connectivity index (χ0v) is 16.4. The Labute approximate surface area is 172 Å². The highest BCUT2D eigenvalue weighted by atomic mass is 19.2. The highest BCUT2D eigenvalue weighted by Crippen LogP contribution is 2.42. The number of benzene rings is 1. The van der Waals surface area contributed by atoms with Crippen LogP contribution in [0.25, 0.3) is 5.57 Å². The molecule has 2 atom stereocenters. The Hall–Kier alpha value is -3.29. The first kappa shape index (κ1) is 18.7. The molecule has 1 saturated heterocycles. The summed E-state index contributed by atoms with van der Waals surface area (Å²) in [5.74, 6) is -1.91. The number of amides is 3. The van der Waals surface area contributed by atoms with E-state index in [1.807, 2.05) is 19.1 Å². The SMILES string of the molecule is Cc1cc(C2=CC3CC2CN3C(=O)CN2Cc3c(ccc(F)c3F)NC2=O)ccn1. The van der Waals surface area contributed by atoms with Crippen LogP contribution in [0.3, 0.4) is 0 Å². The number of hydrogen-bond acceptors (Lipinski definition) is 3. The molecule has 1 aromatic carbocycles. The van der Waals surface area contributed by atoms with Gasteiger partial charge in [0.05, 0.1) is 18.3 Å². The molecule has 0 saturated carbocycles. The summed E-state index contributed by atoms with van der Waals surface area (Å²) in [5, 5.41) is 2.53. The summed E-state index contributed by atoms with van der Waals surface area (Å²) in [4.78, 5) is 32.5. The van der Waals surface area contributed by atoms with Crippen LogP contribution in [-0.4, -0.2) is 45.9 Å². The normalized spacial score (nSPS) is 22.1.